The molecule has 0 aliphatic rings. The molecule has 3 nitrogen and oxygen atoms in total. The molecule has 15 rings (SSSR count). The van der Waals surface area contributed by atoms with Crippen molar-refractivity contribution in [2.24, 2.45) is 0 Å². The van der Waals surface area contributed by atoms with E-state index in [9.17, 15) is 0 Å². The van der Waals surface area contributed by atoms with E-state index >= 15 is 0 Å². The van der Waals surface area contributed by atoms with Crippen LogP contribution in [0.15, 0.2) is 212 Å². The van der Waals surface area contributed by atoms with Crippen molar-refractivity contribution in [3.63, 3.8) is 0 Å². The lowest BCUT2D eigenvalue weighted by atomic mass is 9.98. The van der Waals surface area contributed by atoms with Crippen LogP contribution in [-0.4, -0.2) is 13.7 Å². The maximum atomic E-state index is 2.49. The van der Waals surface area contributed by atoms with Crippen LogP contribution in [0.25, 0.3) is 134 Å². The van der Waals surface area contributed by atoms with E-state index in [0.29, 0.717) is 0 Å². The molecule has 5 heterocycles. The van der Waals surface area contributed by atoms with Gasteiger partial charge in [0.15, 0.2) is 0 Å². The topological polar surface area (TPSA) is 14.8 Å². The molecule has 0 aliphatic carbocycles. The number of nitrogens with zero attached hydrogens (tertiary/aromatic N) is 3. The van der Waals surface area contributed by atoms with Gasteiger partial charge in [0.05, 0.1) is 33.1 Å². The molecule has 15 aromatic rings. The Morgan fingerprint density at radius 3 is 1.22 bits per heavy atom. The van der Waals surface area contributed by atoms with E-state index in [2.05, 4.69) is 226 Å². The lowest BCUT2D eigenvalue weighted by Crippen LogP contribution is -1.96. The highest BCUT2D eigenvalue weighted by Gasteiger charge is 2.21. The molecular formula is C60H35N3S2. The third kappa shape index (κ3) is 4.94. The Hall–Kier alpha value is -7.96. The maximum Gasteiger partial charge on any atom is 0.0542 e. The number of para-hydroxylation sites is 4. The van der Waals surface area contributed by atoms with E-state index in [4.69, 9.17) is 0 Å². The molecule has 0 unspecified atom stereocenters. The lowest BCUT2D eigenvalue weighted by molar-refractivity contribution is 1.16. The molecule has 65 heavy (non-hydrogen) atoms. The molecule has 0 radical (unpaired) electrons. The third-order valence-electron chi connectivity index (χ3n) is 13.8. The zero-order chi connectivity index (χ0) is 42.3. The van der Waals surface area contributed by atoms with Gasteiger partial charge in [0.25, 0.3) is 0 Å². The molecule has 10 aromatic carbocycles. The second-order valence-corrected chi connectivity index (χ2v) is 19.4. The minimum atomic E-state index is 1.15. The Balaban J connectivity index is 0.984. The molecule has 0 saturated heterocycles. The maximum absolute atomic E-state index is 2.49. The number of hydrogen-bond acceptors (Lipinski definition) is 2. The summed E-state index contributed by atoms with van der Waals surface area (Å²) in [6, 6.07) is 78.9. The Kier molecular flexibility index (Phi) is 7.26. The fourth-order valence-corrected chi connectivity index (χ4v) is 13.4. The highest BCUT2D eigenvalue weighted by Crippen LogP contribution is 2.46. The second kappa shape index (κ2) is 13.3. The van der Waals surface area contributed by atoms with Crippen molar-refractivity contribution in [2.75, 3.05) is 0 Å². The molecule has 0 fully saturated rings. The molecule has 0 saturated carbocycles. The van der Waals surface area contributed by atoms with Gasteiger partial charge in [-0.05, 0) is 96.6 Å². The van der Waals surface area contributed by atoms with E-state index in [0.717, 1.165) is 17.1 Å². The Morgan fingerprint density at radius 2 is 0.646 bits per heavy atom. The van der Waals surface area contributed by atoms with Crippen molar-refractivity contribution in [1.29, 1.82) is 0 Å². The summed E-state index contributed by atoms with van der Waals surface area (Å²) in [5.41, 5.74) is 13.3. The van der Waals surface area contributed by atoms with Gasteiger partial charge in [0.2, 0.25) is 0 Å². The summed E-state index contributed by atoms with van der Waals surface area (Å²) in [7, 11) is 0. The van der Waals surface area contributed by atoms with Crippen LogP contribution >= 0.6 is 22.7 Å². The van der Waals surface area contributed by atoms with Crippen molar-refractivity contribution in [2.45, 2.75) is 0 Å². The fourth-order valence-electron chi connectivity index (χ4n) is 11.1. The van der Waals surface area contributed by atoms with Crippen molar-refractivity contribution in [1.82, 2.24) is 13.7 Å². The van der Waals surface area contributed by atoms with Gasteiger partial charge in [-0.3, -0.25) is 0 Å². The number of hydrogen-bond donors (Lipinski definition) is 0. The van der Waals surface area contributed by atoms with Crippen LogP contribution in [0.1, 0.15) is 0 Å². The first-order valence-corrected chi connectivity index (χ1v) is 23.8. The van der Waals surface area contributed by atoms with Crippen molar-refractivity contribution < 1.29 is 0 Å². The molecule has 5 heteroatoms. The minimum Gasteiger partial charge on any atom is -0.309 e. The molecule has 0 atom stereocenters. The van der Waals surface area contributed by atoms with E-state index in [1.54, 1.807) is 0 Å². The summed E-state index contributed by atoms with van der Waals surface area (Å²) in [5, 5.41) is 12.7. The SMILES string of the molecule is c1ccc2c(c1)sc1cccc(-c3cccc4c3sc3ccc(-n5c6ccc(-n7c8ccccc8c8ccccc87)cc6c6cc(-n7c8ccccc8c8ccccc87)ccc65)cc34)c12. The largest absolute Gasteiger partial charge is 0.309 e. The first kappa shape index (κ1) is 35.5. The van der Waals surface area contributed by atoms with Crippen LogP contribution in [0.3, 0.4) is 0 Å². The van der Waals surface area contributed by atoms with Crippen molar-refractivity contribution in [3.05, 3.63) is 212 Å². The van der Waals surface area contributed by atoms with Gasteiger partial charge in [0.1, 0.15) is 0 Å². The number of fused-ring (bicyclic) bond motifs is 15. The highest BCUT2D eigenvalue weighted by molar-refractivity contribution is 7.26. The summed E-state index contributed by atoms with van der Waals surface area (Å²) in [5.74, 6) is 0. The monoisotopic (exact) mass is 861 g/mol. The van der Waals surface area contributed by atoms with E-state index in [1.165, 1.54) is 117 Å². The highest BCUT2D eigenvalue weighted by atomic mass is 32.1. The predicted molar refractivity (Wildman–Crippen MR) is 281 cm³/mol. The summed E-state index contributed by atoms with van der Waals surface area (Å²) in [4.78, 5) is 0. The number of aromatic nitrogens is 3. The van der Waals surface area contributed by atoms with Crippen LogP contribution in [0.5, 0.6) is 0 Å². The van der Waals surface area contributed by atoms with Gasteiger partial charge >= 0.3 is 0 Å². The smallest absolute Gasteiger partial charge is 0.0542 e. The standard InChI is InChI=1S/C60H35N3S2/c1-6-21-50-39(13-1)40-14-2-7-22-51(40)61(50)36-27-30-54-47(33-36)48-34-37(62-52-23-8-3-15-41(52)42-16-4-9-24-53(42)62)28-31-55(48)63(54)38-29-32-57-49(35-38)45-20-11-19-44(60(45)65-57)43-18-12-26-58-59(43)46-17-5-10-25-56(46)64-58/h1-35H. The lowest BCUT2D eigenvalue weighted by Gasteiger charge is -2.11. The van der Waals surface area contributed by atoms with Crippen LogP contribution in [0, 0.1) is 0 Å². The quantitative estimate of drug-likeness (QED) is 0.167. The van der Waals surface area contributed by atoms with Crippen molar-refractivity contribution in [3.8, 4) is 28.2 Å². The molecule has 302 valence electrons. The number of rotatable bonds is 4. The zero-order valence-corrected chi connectivity index (χ0v) is 36.5. The summed E-state index contributed by atoms with van der Waals surface area (Å²) in [6.07, 6.45) is 0. The molecule has 0 spiro atoms. The normalized spacial score (nSPS) is 12.3. The summed E-state index contributed by atoms with van der Waals surface area (Å²) < 4.78 is 12.6. The first-order valence-electron chi connectivity index (χ1n) is 22.2. The molecule has 5 aromatic heterocycles. The number of thiophene rings is 2. The van der Waals surface area contributed by atoms with Gasteiger partial charge in [-0.15, -0.1) is 22.7 Å². The molecular weight excluding hydrogens is 827 g/mol. The van der Waals surface area contributed by atoms with Gasteiger partial charge in [-0.1, -0.05) is 121 Å². The van der Waals surface area contributed by atoms with Gasteiger partial charge in [0, 0.05) is 95.3 Å². The van der Waals surface area contributed by atoms with E-state index < -0.39 is 0 Å². The van der Waals surface area contributed by atoms with Gasteiger partial charge in [-0.2, -0.15) is 0 Å². The van der Waals surface area contributed by atoms with Gasteiger partial charge in [-0.25, -0.2) is 0 Å². The van der Waals surface area contributed by atoms with Crippen LogP contribution in [-0.2, 0) is 0 Å². The second-order valence-electron chi connectivity index (χ2n) is 17.2. The van der Waals surface area contributed by atoms with E-state index in [-0.39, 0.29) is 0 Å². The minimum absolute atomic E-state index is 1.15. The van der Waals surface area contributed by atoms with Gasteiger partial charge < -0.3 is 13.7 Å². The van der Waals surface area contributed by atoms with Crippen molar-refractivity contribution >= 4 is 128 Å². The fraction of sp³-hybridized carbons (Fsp3) is 0. The molecule has 0 N–H and O–H groups in total. The summed E-state index contributed by atoms with van der Waals surface area (Å²) >= 11 is 3.79. The molecule has 0 aliphatic heterocycles. The van der Waals surface area contributed by atoms with E-state index in [1.807, 2.05) is 22.7 Å². The number of benzene rings is 10. The Bertz CT molecular complexity index is 4220. The third-order valence-corrected chi connectivity index (χ3v) is 16.2. The zero-order valence-electron chi connectivity index (χ0n) is 34.9. The first-order chi connectivity index (χ1) is 32.2. The molecule has 0 bridgehead atoms. The van der Waals surface area contributed by atoms with Crippen LogP contribution in [0.2, 0.25) is 0 Å². The average Bonchev–Trinajstić information content (AvgIpc) is 4.17. The Morgan fingerprint density at radius 1 is 0.246 bits per heavy atom. The summed E-state index contributed by atoms with van der Waals surface area (Å²) in [6.45, 7) is 0. The predicted octanol–water partition coefficient (Wildman–Crippen LogP) is 17.4. The average molecular weight is 862 g/mol. The van der Waals surface area contributed by atoms with Crippen LogP contribution < -0.4 is 0 Å². The van der Waals surface area contributed by atoms with Crippen LogP contribution in [0.4, 0.5) is 0 Å². The Labute approximate surface area is 380 Å². The molecule has 0 amide bonds.